The Hall–Kier alpha value is -3.64. The van der Waals surface area contributed by atoms with Crippen molar-refractivity contribution in [2.75, 3.05) is 6.61 Å². The van der Waals surface area contributed by atoms with Crippen molar-refractivity contribution in [1.29, 1.82) is 0 Å². The fourth-order valence-corrected chi connectivity index (χ4v) is 3.61. The fourth-order valence-electron chi connectivity index (χ4n) is 3.61. The summed E-state index contributed by atoms with van der Waals surface area (Å²) < 4.78 is 7.27. The summed E-state index contributed by atoms with van der Waals surface area (Å²) in [6.07, 6.45) is 0.701. The molecule has 0 saturated heterocycles. The lowest BCUT2D eigenvalue weighted by Gasteiger charge is -2.16. The van der Waals surface area contributed by atoms with Gasteiger partial charge < -0.3 is 14.9 Å². The molecular weight excluding hydrogens is 380 g/mol. The van der Waals surface area contributed by atoms with Crippen LogP contribution >= 0.6 is 0 Å². The fraction of sp³-hybridized carbons (Fsp3) is 0.167. The van der Waals surface area contributed by atoms with Gasteiger partial charge in [-0.05, 0) is 54.3 Å². The number of imidazole rings is 1. The molecule has 0 aliphatic carbocycles. The molecule has 0 fully saturated rings. The molecule has 2 N–H and O–H groups in total. The van der Waals surface area contributed by atoms with Crippen molar-refractivity contribution < 1.29 is 19.7 Å². The van der Waals surface area contributed by atoms with Crippen LogP contribution in [0.4, 0.5) is 0 Å². The molecule has 0 saturated carbocycles. The van der Waals surface area contributed by atoms with Crippen molar-refractivity contribution >= 4 is 11.6 Å². The molecule has 4 aromatic rings. The van der Waals surface area contributed by atoms with Gasteiger partial charge in [-0.15, -0.1) is 0 Å². The molecule has 6 heteroatoms. The monoisotopic (exact) mass is 402 g/mol. The van der Waals surface area contributed by atoms with Gasteiger partial charge in [0.2, 0.25) is 5.88 Å². The van der Waals surface area contributed by atoms with E-state index in [9.17, 15) is 15.0 Å². The van der Waals surface area contributed by atoms with Crippen LogP contribution in [0.2, 0.25) is 0 Å². The number of aromatic carboxylic acids is 1. The van der Waals surface area contributed by atoms with Crippen LogP contribution in [0.15, 0.2) is 66.9 Å². The number of pyridine rings is 1. The molecule has 2 heterocycles. The third-order valence-electron chi connectivity index (χ3n) is 4.97. The van der Waals surface area contributed by atoms with Crippen molar-refractivity contribution in [3.05, 3.63) is 89.2 Å². The molecule has 6 nitrogen and oxygen atoms in total. The largest absolute Gasteiger partial charge is 0.478 e. The van der Waals surface area contributed by atoms with E-state index in [-0.39, 0.29) is 5.56 Å². The molecule has 152 valence electrons. The first-order valence-corrected chi connectivity index (χ1v) is 9.71. The lowest BCUT2D eigenvalue weighted by Crippen LogP contribution is -2.08. The minimum absolute atomic E-state index is 0.141. The summed E-state index contributed by atoms with van der Waals surface area (Å²) in [4.78, 5) is 16.4. The highest BCUT2D eigenvalue weighted by atomic mass is 16.5. The van der Waals surface area contributed by atoms with Crippen LogP contribution in [0.5, 0.6) is 5.88 Å². The first-order valence-electron chi connectivity index (χ1n) is 9.71. The number of hydrogen-bond donors (Lipinski definition) is 2. The maximum Gasteiger partial charge on any atom is 0.336 e. The van der Waals surface area contributed by atoms with Gasteiger partial charge in [0, 0.05) is 0 Å². The zero-order chi connectivity index (χ0) is 21.3. The molecule has 2 aromatic heterocycles. The Morgan fingerprint density at radius 3 is 2.60 bits per heavy atom. The zero-order valence-electron chi connectivity index (χ0n) is 16.7. The SMILES string of the molecule is CCOc1cn2c(C(O)c3ccc(-c4ccccc4)c(C(=O)O)c3)cc(C)cc2n1. The number of aromatic nitrogens is 2. The van der Waals surface area contributed by atoms with E-state index in [4.69, 9.17) is 4.74 Å². The van der Waals surface area contributed by atoms with Crippen molar-refractivity contribution in [3.63, 3.8) is 0 Å². The zero-order valence-corrected chi connectivity index (χ0v) is 16.7. The number of carboxylic acid groups (broad SMARTS) is 1. The van der Waals surface area contributed by atoms with Gasteiger partial charge in [-0.1, -0.05) is 42.5 Å². The summed E-state index contributed by atoms with van der Waals surface area (Å²) >= 11 is 0. The van der Waals surface area contributed by atoms with Crippen LogP contribution in [0, 0.1) is 6.92 Å². The smallest absolute Gasteiger partial charge is 0.336 e. The summed E-state index contributed by atoms with van der Waals surface area (Å²) in [5.74, 6) is -0.569. The van der Waals surface area contributed by atoms with E-state index in [1.807, 2.05) is 56.3 Å². The van der Waals surface area contributed by atoms with E-state index >= 15 is 0 Å². The average molecular weight is 402 g/mol. The van der Waals surface area contributed by atoms with E-state index in [1.165, 1.54) is 6.07 Å². The molecule has 4 rings (SSSR count). The third kappa shape index (κ3) is 3.65. The Bertz CT molecular complexity index is 1210. The number of benzene rings is 2. The molecule has 0 aliphatic rings. The number of nitrogens with zero attached hydrogens (tertiary/aromatic N) is 2. The Balaban J connectivity index is 1.81. The number of fused-ring (bicyclic) bond motifs is 1. The first-order chi connectivity index (χ1) is 14.5. The van der Waals surface area contributed by atoms with Gasteiger partial charge >= 0.3 is 5.97 Å². The average Bonchev–Trinajstić information content (AvgIpc) is 3.15. The molecule has 30 heavy (non-hydrogen) atoms. The molecule has 0 aliphatic heterocycles. The third-order valence-corrected chi connectivity index (χ3v) is 4.97. The Morgan fingerprint density at radius 2 is 1.90 bits per heavy atom. The lowest BCUT2D eigenvalue weighted by atomic mass is 9.94. The normalized spacial score (nSPS) is 12.1. The Labute approximate surface area is 174 Å². The van der Waals surface area contributed by atoms with Crippen molar-refractivity contribution in [2.24, 2.45) is 0 Å². The molecule has 0 spiro atoms. The standard InChI is InChI=1S/C24H22N2O4/c1-3-30-22-14-26-20(11-15(2)12-21(26)25-22)23(27)17-9-10-18(19(13-17)24(28)29)16-7-5-4-6-8-16/h4-14,23,27H,3H2,1-2H3,(H,28,29). The number of aliphatic hydroxyl groups excluding tert-OH is 1. The van der Waals surface area contributed by atoms with Gasteiger partial charge in [-0.3, -0.25) is 4.40 Å². The molecular formula is C24H22N2O4. The first kappa shape index (κ1) is 19.7. The van der Waals surface area contributed by atoms with E-state index < -0.39 is 12.1 Å². The van der Waals surface area contributed by atoms with Gasteiger partial charge in [-0.2, -0.15) is 4.98 Å². The second kappa shape index (κ2) is 8.00. The van der Waals surface area contributed by atoms with Gasteiger partial charge in [0.25, 0.3) is 0 Å². The number of rotatable bonds is 6. The molecule has 0 amide bonds. The predicted molar refractivity (Wildman–Crippen MR) is 114 cm³/mol. The van der Waals surface area contributed by atoms with Crippen molar-refractivity contribution in [2.45, 2.75) is 20.0 Å². The molecule has 1 atom stereocenters. The Kier molecular flexibility index (Phi) is 5.25. The Morgan fingerprint density at radius 1 is 1.13 bits per heavy atom. The second-order valence-corrected chi connectivity index (χ2v) is 7.08. The van der Waals surface area contributed by atoms with Gasteiger partial charge in [0.05, 0.1) is 24.1 Å². The summed E-state index contributed by atoms with van der Waals surface area (Å²) in [6, 6.07) is 18.1. The highest BCUT2D eigenvalue weighted by Crippen LogP contribution is 2.30. The summed E-state index contributed by atoms with van der Waals surface area (Å²) in [5.41, 5.74) is 4.23. The van der Waals surface area contributed by atoms with Gasteiger partial charge in [0.1, 0.15) is 11.8 Å². The van der Waals surface area contributed by atoms with Crippen LogP contribution in [0.3, 0.4) is 0 Å². The highest BCUT2D eigenvalue weighted by Gasteiger charge is 2.20. The molecule has 1 unspecified atom stereocenters. The van der Waals surface area contributed by atoms with Crippen LogP contribution in [0.1, 0.15) is 40.2 Å². The van der Waals surface area contributed by atoms with E-state index in [1.54, 1.807) is 22.7 Å². The van der Waals surface area contributed by atoms with E-state index in [0.29, 0.717) is 35.0 Å². The van der Waals surface area contributed by atoms with Gasteiger partial charge in [-0.25, -0.2) is 4.79 Å². The lowest BCUT2D eigenvalue weighted by molar-refractivity contribution is 0.0697. The number of carboxylic acids is 1. The topological polar surface area (TPSA) is 84.1 Å². The van der Waals surface area contributed by atoms with Crippen LogP contribution in [-0.2, 0) is 0 Å². The van der Waals surface area contributed by atoms with Crippen molar-refractivity contribution in [3.8, 4) is 17.0 Å². The number of aliphatic hydroxyl groups is 1. The van der Waals surface area contributed by atoms with E-state index in [0.717, 1.165) is 11.1 Å². The molecule has 2 aromatic carbocycles. The maximum atomic E-state index is 11.9. The number of ether oxygens (including phenoxy) is 1. The number of carbonyl (C=O) groups is 1. The van der Waals surface area contributed by atoms with Crippen molar-refractivity contribution in [1.82, 2.24) is 9.38 Å². The van der Waals surface area contributed by atoms with E-state index in [2.05, 4.69) is 4.98 Å². The second-order valence-electron chi connectivity index (χ2n) is 7.08. The molecule has 0 bridgehead atoms. The van der Waals surface area contributed by atoms with Crippen LogP contribution in [0.25, 0.3) is 16.8 Å². The van der Waals surface area contributed by atoms with Gasteiger partial charge in [0.15, 0.2) is 0 Å². The van der Waals surface area contributed by atoms with Crippen LogP contribution in [-0.4, -0.2) is 32.2 Å². The number of aryl methyl sites for hydroxylation is 1. The summed E-state index contributed by atoms with van der Waals surface area (Å²) in [6.45, 7) is 4.29. The minimum Gasteiger partial charge on any atom is -0.478 e. The maximum absolute atomic E-state index is 11.9. The highest BCUT2D eigenvalue weighted by molar-refractivity contribution is 5.96. The summed E-state index contributed by atoms with van der Waals surface area (Å²) in [5, 5.41) is 20.9. The number of hydrogen-bond acceptors (Lipinski definition) is 4. The summed E-state index contributed by atoms with van der Waals surface area (Å²) in [7, 11) is 0. The minimum atomic E-state index is -1.04. The van der Waals surface area contributed by atoms with Crippen LogP contribution < -0.4 is 4.74 Å². The molecule has 0 radical (unpaired) electrons. The predicted octanol–water partition coefficient (Wildman–Crippen LogP) is 4.49. The quantitative estimate of drug-likeness (QED) is 0.496.